The number of hydrogen-bond donors (Lipinski definition) is 0. The minimum absolute atomic E-state index is 0.0710. The van der Waals surface area contributed by atoms with Crippen molar-refractivity contribution >= 4 is 0 Å². The monoisotopic (exact) mass is 141 g/mol. The Bertz CT molecular complexity index is 141. The van der Waals surface area contributed by atoms with Crippen molar-refractivity contribution in [1.82, 2.24) is 0 Å². The van der Waals surface area contributed by atoms with Crippen LogP contribution in [0.25, 0.3) is 0 Å². The lowest BCUT2D eigenvalue weighted by Crippen LogP contribution is -2.11. The number of ether oxygens (including phenoxy) is 2. The minimum atomic E-state index is -0.0710. The van der Waals surface area contributed by atoms with E-state index < -0.39 is 0 Å². The van der Waals surface area contributed by atoms with Crippen LogP contribution in [0.5, 0.6) is 0 Å². The van der Waals surface area contributed by atoms with E-state index in [4.69, 9.17) is 14.7 Å². The highest BCUT2D eigenvalue weighted by molar-refractivity contribution is 4.79. The largest absolute Gasteiger partial charge is 0.356 e. The summed E-state index contributed by atoms with van der Waals surface area (Å²) in [7, 11) is 1.62. The Balaban J connectivity index is 2.23. The molecule has 1 heterocycles. The highest BCUT2D eigenvalue weighted by atomic mass is 16.7. The first-order valence-corrected chi connectivity index (χ1v) is 3.42. The fourth-order valence-electron chi connectivity index (χ4n) is 1.10. The predicted molar refractivity (Wildman–Crippen MR) is 35.1 cm³/mol. The Morgan fingerprint density at radius 1 is 1.70 bits per heavy atom. The average molecular weight is 141 g/mol. The highest BCUT2D eigenvalue weighted by Crippen LogP contribution is 2.21. The predicted octanol–water partition coefficient (Wildman–Crippen LogP) is 1.05. The van der Waals surface area contributed by atoms with Gasteiger partial charge in [0, 0.05) is 13.5 Å². The van der Waals surface area contributed by atoms with E-state index in [-0.39, 0.29) is 12.4 Å². The van der Waals surface area contributed by atoms with E-state index in [0.29, 0.717) is 6.42 Å². The van der Waals surface area contributed by atoms with Crippen molar-refractivity contribution < 1.29 is 9.47 Å². The van der Waals surface area contributed by atoms with Gasteiger partial charge in [-0.2, -0.15) is 5.26 Å². The van der Waals surface area contributed by atoms with Crippen molar-refractivity contribution in [2.75, 3.05) is 7.11 Å². The van der Waals surface area contributed by atoms with Gasteiger partial charge in [0.05, 0.1) is 18.6 Å². The molecule has 3 heteroatoms. The SMILES string of the molecule is CO[C@H]1CC[C@@H](CC#N)O1. The summed E-state index contributed by atoms with van der Waals surface area (Å²) in [4.78, 5) is 0. The third kappa shape index (κ3) is 1.69. The van der Waals surface area contributed by atoms with Crippen LogP contribution in [0.1, 0.15) is 19.3 Å². The van der Waals surface area contributed by atoms with Gasteiger partial charge in [-0.25, -0.2) is 0 Å². The lowest BCUT2D eigenvalue weighted by atomic mass is 10.2. The summed E-state index contributed by atoms with van der Waals surface area (Å²) in [5, 5.41) is 8.31. The molecule has 0 aromatic heterocycles. The number of methoxy groups -OCH3 is 1. The fraction of sp³-hybridized carbons (Fsp3) is 0.857. The van der Waals surface area contributed by atoms with E-state index >= 15 is 0 Å². The molecule has 0 aromatic carbocycles. The van der Waals surface area contributed by atoms with E-state index in [2.05, 4.69) is 6.07 Å². The van der Waals surface area contributed by atoms with Gasteiger partial charge in [0.15, 0.2) is 6.29 Å². The Labute approximate surface area is 60.5 Å². The topological polar surface area (TPSA) is 42.2 Å². The summed E-state index contributed by atoms with van der Waals surface area (Å²) in [5.41, 5.74) is 0. The van der Waals surface area contributed by atoms with Gasteiger partial charge in [-0.05, 0) is 6.42 Å². The van der Waals surface area contributed by atoms with Crippen LogP contribution in [-0.4, -0.2) is 19.5 Å². The summed E-state index contributed by atoms with van der Waals surface area (Å²) < 4.78 is 10.3. The van der Waals surface area contributed by atoms with Crippen molar-refractivity contribution in [3.8, 4) is 6.07 Å². The first-order chi connectivity index (χ1) is 4.86. The normalized spacial score (nSPS) is 32.0. The van der Waals surface area contributed by atoms with Gasteiger partial charge >= 0.3 is 0 Å². The molecule has 0 aliphatic carbocycles. The summed E-state index contributed by atoms with van der Waals surface area (Å²) >= 11 is 0. The molecule has 1 aliphatic rings. The molecule has 0 unspecified atom stereocenters. The average Bonchev–Trinajstić information content (AvgIpc) is 2.37. The van der Waals surface area contributed by atoms with E-state index in [1.54, 1.807) is 7.11 Å². The maximum Gasteiger partial charge on any atom is 0.157 e. The first-order valence-electron chi connectivity index (χ1n) is 3.42. The molecule has 1 saturated heterocycles. The molecule has 10 heavy (non-hydrogen) atoms. The number of nitrogens with zero attached hydrogens (tertiary/aromatic N) is 1. The van der Waals surface area contributed by atoms with Gasteiger partial charge in [0.1, 0.15) is 0 Å². The summed E-state index contributed by atoms with van der Waals surface area (Å²) in [6.45, 7) is 0. The van der Waals surface area contributed by atoms with Gasteiger partial charge in [0.25, 0.3) is 0 Å². The molecule has 1 aliphatic heterocycles. The van der Waals surface area contributed by atoms with E-state index in [9.17, 15) is 0 Å². The zero-order chi connectivity index (χ0) is 7.40. The lowest BCUT2D eigenvalue weighted by Gasteiger charge is -2.08. The lowest BCUT2D eigenvalue weighted by molar-refractivity contribution is -0.113. The third-order valence-electron chi connectivity index (χ3n) is 1.65. The molecule has 1 fully saturated rings. The van der Waals surface area contributed by atoms with Crippen LogP contribution in [-0.2, 0) is 9.47 Å². The van der Waals surface area contributed by atoms with Crippen molar-refractivity contribution in [1.29, 1.82) is 5.26 Å². The van der Waals surface area contributed by atoms with Crippen LogP contribution in [0.15, 0.2) is 0 Å². The summed E-state index contributed by atoms with van der Waals surface area (Å²) in [5.74, 6) is 0. The standard InChI is InChI=1S/C7H11NO2/c1-9-7-3-2-6(10-7)4-5-8/h6-7H,2-4H2,1H3/t6-,7+/m0/s1. The molecular weight excluding hydrogens is 130 g/mol. The molecule has 0 spiro atoms. The minimum Gasteiger partial charge on any atom is -0.356 e. The number of hydrogen-bond acceptors (Lipinski definition) is 3. The van der Waals surface area contributed by atoms with Gasteiger partial charge in [-0.3, -0.25) is 0 Å². The molecule has 0 aromatic rings. The molecule has 0 N–H and O–H groups in total. The van der Waals surface area contributed by atoms with Gasteiger partial charge in [-0.1, -0.05) is 0 Å². The van der Waals surface area contributed by atoms with Crippen LogP contribution in [0, 0.1) is 11.3 Å². The van der Waals surface area contributed by atoms with E-state index in [1.165, 1.54) is 0 Å². The molecular formula is C7H11NO2. The molecule has 0 amide bonds. The maximum atomic E-state index is 8.31. The van der Waals surface area contributed by atoms with E-state index in [0.717, 1.165) is 12.8 Å². The molecule has 56 valence electrons. The number of rotatable bonds is 2. The smallest absolute Gasteiger partial charge is 0.157 e. The molecule has 0 saturated carbocycles. The van der Waals surface area contributed by atoms with Crippen LogP contribution >= 0.6 is 0 Å². The summed E-state index contributed by atoms with van der Waals surface area (Å²) in [6.07, 6.45) is 2.39. The Kier molecular flexibility index (Phi) is 2.67. The quantitative estimate of drug-likeness (QED) is 0.577. The zero-order valence-corrected chi connectivity index (χ0v) is 6.04. The number of nitriles is 1. The molecule has 0 radical (unpaired) electrons. The van der Waals surface area contributed by atoms with Gasteiger partial charge < -0.3 is 9.47 Å². The summed E-state index contributed by atoms with van der Waals surface area (Å²) in [6, 6.07) is 2.07. The van der Waals surface area contributed by atoms with Crippen LogP contribution in [0.4, 0.5) is 0 Å². The van der Waals surface area contributed by atoms with Gasteiger partial charge in [0.2, 0.25) is 0 Å². The van der Waals surface area contributed by atoms with Crippen molar-refractivity contribution in [3.05, 3.63) is 0 Å². The first kappa shape index (κ1) is 7.52. The fourth-order valence-corrected chi connectivity index (χ4v) is 1.10. The Morgan fingerprint density at radius 3 is 3.00 bits per heavy atom. The van der Waals surface area contributed by atoms with Crippen LogP contribution in [0.3, 0.4) is 0 Å². The van der Waals surface area contributed by atoms with Crippen LogP contribution in [0.2, 0.25) is 0 Å². The second-order valence-electron chi connectivity index (χ2n) is 2.36. The van der Waals surface area contributed by atoms with Crippen molar-refractivity contribution in [2.24, 2.45) is 0 Å². The molecule has 3 nitrogen and oxygen atoms in total. The second kappa shape index (κ2) is 3.55. The molecule has 2 atom stereocenters. The van der Waals surface area contributed by atoms with Crippen LogP contribution < -0.4 is 0 Å². The zero-order valence-electron chi connectivity index (χ0n) is 6.04. The Morgan fingerprint density at radius 2 is 2.50 bits per heavy atom. The van der Waals surface area contributed by atoms with Crippen molar-refractivity contribution in [3.63, 3.8) is 0 Å². The second-order valence-corrected chi connectivity index (χ2v) is 2.36. The highest BCUT2D eigenvalue weighted by Gasteiger charge is 2.24. The molecule has 1 rings (SSSR count). The van der Waals surface area contributed by atoms with E-state index in [1.807, 2.05) is 0 Å². The van der Waals surface area contributed by atoms with Crippen molar-refractivity contribution in [2.45, 2.75) is 31.7 Å². The maximum absolute atomic E-state index is 8.31. The Hall–Kier alpha value is -0.590. The van der Waals surface area contributed by atoms with Gasteiger partial charge in [-0.15, -0.1) is 0 Å². The molecule has 0 bridgehead atoms. The third-order valence-corrected chi connectivity index (χ3v) is 1.65.